The van der Waals surface area contributed by atoms with Crippen LogP contribution in [0.2, 0.25) is 0 Å². The standard InChI is InChI=1S/C19H18N2O3/c1-12-7-8-13(19(23)24-2)9-17(12)21-11-18(22)15-10-20-16-6-4-3-5-14(15)16/h3-10,20-21H,11H2,1-2H3. The third kappa shape index (κ3) is 3.01. The monoisotopic (exact) mass is 322 g/mol. The number of carbonyl (C=O) groups excluding carboxylic acids is 2. The van der Waals surface area contributed by atoms with Gasteiger partial charge in [-0.3, -0.25) is 4.79 Å². The third-order valence-electron chi connectivity index (χ3n) is 3.99. The molecule has 0 saturated heterocycles. The molecule has 2 aromatic carbocycles. The van der Waals surface area contributed by atoms with Crippen LogP contribution in [0.4, 0.5) is 5.69 Å². The fourth-order valence-electron chi connectivity index (χ4n) is 2.63. The molecule has 0 radical (unpaired) electrons. The highest BCUT2D eigenvalue weighted by atomic mass is 16.5. The van der Waals surface area contributed by atoms with E-state index in [1.54, 1.807) is 18.3 Å². The van der Waals surface area contributed by atoms with Gasteiger partial charge in [0.05, 0.1) is 19.2 Å². The van der Waals surface area contributed by atoms with Crippen molar-refractivity contribution >= 4 is 28.3 Å². The number of ether oxygens (including phenoxy) is 1. The third-order valence-corrected chi connectivity index (χ3v) is 3.99. The summed E-state index contributed by atoms with van der Waals surface area (Å²) < 4.78 is 4.73. The maximum absolute atomic E-state index is 12.5. The van der Waals surface area contributed by atoms with Crippen LogP contribution in [0, 0.1) is 6.92 Å². The second-order valence-electron chi connectivity index (χ2n) is 5.55. The molecule has 1 heterocycles. The molecule has 0 spiro atoms. The van der Waals surface area contributed by atoms with E-state index < -0.39 is 5.97 Å². The number of aryl methyl sites for hydroxylation is 1. The topological polar surface area (TPSA) is 71.2 Å². The van der Waals surface area contributed by atoms with Gasteiger partial charge in [-0.2, -0.15) is 0 Å². The van der Waals surface area contributed by atoms with E-state index in [-0.39, 0.29) is 12.3 Å². The number of ketones is 1. The molecule has 5 nitrogen and oxygen atoms in total. The molecule has 24 heavy (non-hydrogen) atoms. The van der Waals surface area contributed by atoms with Crippen LogP contribution in [-0.2, 0) is 4.74 Å². The van der Waals surface area contributed by atoms with Crippen molar-refractivity contribution in [1.82, 2.24) is 4.98 Å². The van der Waals surface area contributed by atoms with E-state index in [1.807, 2.05) is 37.3 Å². The highest BCUT2D eigenvalue weighted by molar-refractivity contribution is 6.09. The summed E-state index contributed by atoms with van der Waals surface area (Å²) in [6, 6.07) is 12.9. The van der Waals surface area contributed by atoms with E-state index in [4.69, 9.17) is 4.74 Å². The van der Waals surface area contributed by atoms with Crippen molar-refractivity contribution < 1.29 is 14.3 Å². The smallest absolute Gasteiger partial charge is 0.337 e. The van der Waals surface area contributed by atoms with Gasteiger partial charge in [-0.25, -0.2) is 4.79 Å². The number of esters is 1. The van der Waals surface area contributed by atoms with E-state index in [1.165, 1.54) is 7.11 Å². The normalized spacial score (nSPS) is 10.6. The molecule has 122 valence electrons. The average Bonchev–Trinajstić information content (AvgIpc) is 3.04. The first-order valence-corrected chi connectivity index (χ1v) is 7.62. The van der Waals surface area contributed by atoms with E-state index in [0.717, 1.165) is 22.2 Å². The van der Waals surface area contributed by atoms with Crippen LogP contribution in [0.15, 0.2) is 48.7 Å². The van der Waals surface area contributed by atoms with Gasteiger partial charge in [0, 0.05) is 28.4 Å². The molecular weight excluding hydrogens is 304 g/mol. The van der Waals surface area contributed by atoms with Crippen molar-refractivity contribution in [3.63, 3.8) is 0 Å². The number of rotatable bonds is 5. The number of benzene rings is 2. The molecule has 2 N–H and O–H groups in total. The Labute approximate surface area is 139 Å². The molecule has 1 aromatic heterocycles. The van der Waals surface area contributed by atoms with Crippen LogP contribution in [0.5, 0.6) is 0 Å². The zero-order valence-electron chi connectivity index (χ0n) is 13.6. The lowest BCUT2D eigenvalue weighted by molar-refractivity contribution is 0.0600. The summed E-state index contributed by atoms with van der Waals surface area (Å²) in [5, 5.41) is 4.02. The Balaban J connectivity index is 1.78. The molecule has 0 aliphatic rings. The molecule has 0 unspecified atom stereocenters. The Kier molecular flexibility index (Phi) is 4.33. The molecule has 0 bridgehead atoms. The fraction of sp³-hybridized carbons (Fsp3) is 0.158. The summed E-state index contributed by atoms with van der Waals surface area (Å²) in [6.07, 6.45) is 1.73. The van der Waals surface area contributed by atoms with Gasteiger partial charge in [0.2, 0.25) is 0 Å². The van der Waals surface area contributed by atoms with Crippen molar-refractivity contribution in [3.05, 3.63) is 65.4 Å². The summed E-state index contributed by atoms with van der Waals surface area (Å²) >= 11 is 0. The predicted octanol–water partition coefficient (Wildman–Crippen LogP) is 3.56. The van der Waals surface area contributed by atoms with Gasteiger partial charge in [0.15, 0.2) is 5.78 Å². The fourth-order valence-corrected chi connectivity index (χ4v) is 2.63. The van der Waals surface area contributed by atoms with Crippen LogP contribution < -0.4 is 5.32 Å². The largest absolute Gasteiger partial charge is 0.465 e. The number of anilines is 1. The van der Waals surface area contributed by atoms with Gasteiger partial charge in [-0.15, -0.1) is 0 Å². The molecule has 5 heteroatoms. The zero-order chi connectivity index (χ0) is 17.1. The number of Topliss-reactive ketones (excluding diaryl/α,β-unsaturated/α-hetero) is 1. The minimum atomic E-state index is -0.402. The maximum Gasteiger partial charge on any atom is 0.337 e. The van der Waals surface area contributed by atoms with Gasteiger partial charge in [0.25, 0.3) is 0 Å². The Morgan fingerprint density at radius 1 is 1.17 bits per heavy atom. The molecule has 0 fully saturated rings. The number of carbonyl (C=O) groups is 2. The van der Waals surface area contributed by atoms with Crippen LogP contribution in [0.1, 0.15) is 26.3 Å². The molecule has 3 rings (SSSR count). The number of H-pyrrole nitrogens is 1. The van der Waals surface area contributed by atoms with Crippen LogP contribution in [0.3, 0.4) is 0 Å². The number of methoxy groups -OCH3 is 1. The Morgan fingerprint density at radius 2 is 1.96 bits per heavy atom. The summed E-state index contributed by atoms with van der Waals surface area (Å²) in [5.41, 5.74) is 3.73. The van der Waals surface area contributed by atoms with Crippen molar-refractivity contribution in [2.24, 2.45) is 0 Å². The van der Waals surface area contributed by atoms with E-state index in [9.17, 15) is 9.59 Å². The number of aromatic nitrogens is 1. The van der Waals surface area contributed by atoms with E-state index in [0.29, 0.717) is 11.1 Å². The first-order chi connectivity index (χ1) is 11.6. The van der Waals surface area contributed by atoms with Crippen molar-refractivity contribution in [1.29, 1.82) is 0 Å². The molecule has 0 aliphatic carbocycles. The number of nitrogens with one attached hydrogen (secondary N) is 2. The lowest BCUT2D eigenvalue weighted by Crippen LogP contribution is -2.15. The summed E-state index contributed by atoms with van der Waals surface area (Å²) in [4.78, 5) is 27.2. The average molecular weight is 322 g/mol. The van der Waals surface area contributed by atoms with E-state index in [2.05, 4.69) is 10.3 Å². The number of para-hydroxylation sites is 1. The van der Waals surface area contributed by atoms with Crippen molar-refractivity contribution in [3.8, 4) is 0 Å². The highest BCUT2D eigenvalue weighted by Gasteiger charge is 2.13. The second kappa shape index (κ2) is 6.58. The molecule has 0 aliphatic heterocycles. The number of aromatic amines is 1. The van der Waals surface area contributed by atoms with Crippen LogP contribution in [0.25, 0.3) is 10.9 Å². The van der Waals surface area contributed by atoms with Gasteiger partial charge in [-0.05, 0) is 30.7 Å². The maximum atomic E-state index is 12.5. The minimum absolute atomic E-state index is 0.0182. The van der Waals surface area contributed by atoms with Crippen molar-refractivity contribution in [2.45, 2.75) is 6.92 Å². The molecular formula is C19H18N2O3. The van der Waals surface area contributed by atoms with Gasteiger partial charge in [0.1, 0.15) is 0 Å². The first-order valence-electron chi connectivity index (χ1n) is 7.62. The number of hydrogen-bond donors (Lipinski definition) is 2. The molecule has 0 saturated carbocycles. The first kappa shape index (κ1) is 15.8. The SMILES string of the molecule is COC(=O)c1ccc(C)c(NCC(=O)c2c[nH]c3ccccc23)c1. The molecule has 0 amide bonds. The molecule has 3 aromatic rings. The van der Waals surface area contributed by atoms with Crippen LogP contribution >= 0.6 is 0 Å². The lowest BCUT2D eigenvalue weighted by atomic mass is 10.1. The summed E-state index contributed by atoms with van der Waals surface area (Å²) in [5.74, 6) is -0.420. The van der Waals surface area contributed by atoms with Crippen LogP contribution in [-0.4, -0.2) is 30.4 Å². The van der Waals surface area contributed by atoms with E-state index >= 15 is 0 Å². The number of fused-ring (bicyclic) bond motifs is 1. The predicted molar refractivity (Wildman–Crippen MR) is 93.6 cm³/mol. The van der Waals surface area contributed by atoms with Crippen molar-refractivity contribution in [2.75, 3.05) is 19.0 Å². The minimum Gasteiger partial charge on any atom is -0.465 e. The quantitative estimate of drug-likeness (QED) is 0.556. The molecule has 0 atom stereocenters. The Bertz CT molecular complexity index is 912. The Hall–Kier alpha value is -3.08. The lowest BCUT2D eigenvalue weighted by Gasteiger charge is -2.10. The summed E-state index contributed by atoms with van der Waals surface area (Å²) in [7, 11) is 1.34. The number of hydrogen-bond acceptors (Lipinski definition) is 4. The highest BCUT2D eigenvalue weighted by Crippen LogP contribution is 2.20. The van der Waals surface area contributed by atoms with Gasteiger partial charge in [-0.1, -0.05) is 24.3 Å². The zero-order valence-corrected chi connectivity index (χ0v) is 13.6. The second-order valence-corrected chi connectivity index (χ2v) is 5.55. The Morgan fingerprint density at radius 3 is 2.75 bits per heavy atom. The van der Waals surface area contributed by atoms with Gasteiger partial charge < -0.3 is 15.0 Å². The summed E-state index contributed by atoms with van der Waals surface area (Å²) in [6.45, 7) is 2.06. The van der Waals surface area contributed by atoms with Gasteiger partial charge >= 0.3 is 5.97 Å².